The van der Waals surface area contributed by atoms with Crippen LogP contribution in [-0.4, -0.2) is 101 Å². The summed E-state index contributed by atoms with van der Waals surface area (Å²) < 4.78 is 28.1. The number of piperazine rings is 1. The largest absolute Gasteiger partial charge is 0.506 e. The number of aromatic nitrogens is 2. The first-order valence-corrected chi connectivity index (χ1v) is 16.8. The number of carbonyl (C=O) groups excluding carboxylic acids is 2. The third-order valence-corrected chi connectivity index (χ3v) is 11.9. The lowest BCUT2D eigenvalue weighted by atomic mass is 9.91. The molecule has 1 aliphatic carbocycles. The molecule has 0 radical (unpaired) electrons. The summed E-state index contributed by atoms with van der Waals surface area (Å²) in [6.45, 7) is 8.81. The van der Waals surface area contributed by atoms with E-state index in [0.29, 0.717) is 24.8 Å². The van der Waals surface area contributed by atoms with Crippen LogP contribution < -0.4 is 15.5 Å². The van der Waals surface area contributed by atoms with E-state index in [-0.39, 0.29) is 47.1 Å². The minimum atomic E-state index is -3.97. The molecule has 4 heterocycles. The van der Waals surface area contributed by atoms with E-state index in [1.54, 1.807) is 37.4 Å². The van der Waals surface area contributed by atoms with Gasteiger partial charge in [-0.15, -0.1) is 6.58 Å². The number of nitrogens with one attached hydrogen (secondary N) is 2. The molecule has 2 aliphatic heterocycles. The number of pyridine rings is 1. The molecule has 45 heavy (non-hydrogen) atoms. The van der Waals surface area contributed by atoms with E-state index in [0.717, 1.165) is 47.7 Å². The van der Waals surface area contributed by atoms with Crippen molar-refractivity contribution in [3.8, 4) is 16.9 Å². The number of amides is 2. The number of allylic oxidation sites excluding steroid dienone is 1. The minimum Gasteiger partial charge on any atom is -0.506 e. The number of rotatable bonds is 9. The zero-order valence-corrected chi connectivity index (χ0v) is 26.4. The van der Waals surface area contributed by atoms with Gasteiger partial charge in [-0.1, -0.05) is 6.08 Å². The van der Waals surface area contributed by atoms with Gasteiger partial charge in [-0.25, -0.2) is 17.4 Å². The Kier molecular flexibility index (Phi) is 8.12. The summed E-state index contributed by atoms with van der Waals surface area (Å²) in [6.07, 6.45) is 5.08. The third kappa shape index (κ3) is 5.68. The SMILES string of the molecule is C=CCC1(S(=O)(=O)n2cc(O)c3c(C(=O)NCC4C(=O)NC(C)CC4O)cc(-c4ccnc(N5CCN(C)CC5)c4)cc32)CC1. The maximum atomic E-state index is 14.0. The molecular formula is C32H40N6O6S. The third-order valence-electron chi connectivity index (χ3n) is 9.40. The molecule has 1 aromatic carbocycles. The predicted octanol–water partition coefficient (Wildman–Crippen LogP) is 2.06. The van der Waals surface area contributed by atoms with E-state index in [2.05, 4.69) is 39.0 Å². The lowest BCUT2D eigenvalue weighted by molar-refractivity contribution is -0.132. The average Bonchev–Trinajstić information content (AvgIpc) is 3.72. The number of carbonyl (C=O) groups is 2. The van der Waals surface area contributed by atoms with E-state index in [4.69, 9.17) is 0 Å². The van der Waals surface area contributed by atoms with Crippen LogP contribution in [0.4, 0.5) is 5.82 Å². The van der Waals surface area contributed by atoms with Crippen molar-refractivity contribution in [2.45, 2.75) is 49.5 Å². The van der Waals surface area contributed by atoms with E-state index in [1.165, 1.54) is 0 Å². The Morgan fingerprint density at radius 1 is 1.20 bits per heavy atom. The molecule has 3 aliphatic rings. The van der Waals surface area contributed by atoms with E-state index in [1.807, 2.05) is 6.07 Å². The molecule has 13 heteroatoms. The summed E-state index contributed by atoms with van der Waals surface area (Å²) in [5.41, 5.74) is 1.52. The molecule has 3 fully saturated rings. The number of piperidine rings is 1. The van der Waals surface area contributed by atoms with Crippen molar-refractivity contribution in [2.24, 2.45) is 5.92 Å². The highest BCUT2D eigenvalue weighted by molar-refractivity contribution is 7.91. The van der Waals surface area contributed by atoms with Gasteiger partial charge in [-0.2, -0.15) is 0 Å². The molecule has 1 saturated carbocycles. The van der Waals surface area contributed by atoms with Gasteiger partial charge in [0.1, 0.15) is 11.6 Å². The van der Waals surface area contributed by atoms with Gasteiger partial charge >= 0.3 is 0 Å². The fourth-order valence-corrected chi connectivity index (χ4v) is 8.49. The van der Waals surface area contributed by atoms with Crippen molar-refractivity contribution in [2.75, 3.05) is 44.7 Å². The molecule has 2 saturated heterocycles. The standard InChI is InChI=1S/C32H40N6O6S/c1-4-6-32(7-8-32)45(43,44)38-19-27(40)29-23(30(41)34-18-24-26(39)14-20(2)35-31(24)42)15-22(16-25(29)38)21-5-9-33-28(17-21)37-12-10-36(3)11-13-37/h4-5,9,15-17,19-20,24,26,39-40H,1,6-8,10-14,18H2,2-3H3,(H,34,41)(H,35,42). The number of anilines is 1. The summed E-state index contributed by atoms with van der Waals surface area (Å²) >= 11 is 0. The topological polar surface area (TPSA) is 157 Å². The van der Waals surface area contributed by atoms with Gasteiger partial charge in [0.15, 0.2) is 0 Å². The molecule has 2 amide bonds. The summed E-state index contributed by atoms with van der Waals surface area (Å²) in [7, 11) is -1.90. The number of benzene rings is 1. The number of aliphatic hydroxyl groups is 1. The molecule has 240 valence electrons. The maximum absolute atomic E-state index is 14.0. The molecule has 12 nitrogen and oxygen atoms in total. The number of nitrogens with zero attached hydrogens (tertiary/aromatic N) is 4. The summed E-state index contributed by atoms with van der Waals surface area (Å²) in [6, 6.07) is 6.83. The summed E-state index contributed by atoms with van der Waals surface area (Å²) in [5, 5.41) is 27.3. The second kappa shape index (κ2) is 11.8. The Morgan fingerprint density at radius 2 is 1.93 bits per heavy atom. The van der Waals surface area contributed by atoms with Crippen LogP contribution in [0.2, 0.25) is 0 Å². The van der Waals surface area contributed by atoms with Crippen molar-refractivity contribution < 1.29 is 28.2 Å². The quantitative estimate of drug-likeness (QED) is 0.258. The van der Waals surface area contributed by atoms with Gasteiger partial charge in [0.25, 0.3) is 5.91 Å². The number of aromatic hydroxyl groups is 1. The molecule has 3 aromatic rings. The zero-order chi connectivity index (χ0) is 32.1. The van der Waals surface area contributed by atoms with Crippen LogP contribution in [0, 0.1) is 5.92 Å². The zero-order valence-electron chi connectivity index (χ0n) is 25.6. The van der Waals surface area contributed by atoms with Gasteiger partial charge in [0.2, 0.25) is 15.9 Å². The minimum absolute atomic E-state index is 0.0551. The van der Waals surface area contributed by atoms with Gasteiger partial charge < -0.3 is 30.6 Å². The fourth-order valence-electron chi connectivity index (χ4n) is 6.48. The van der Waals surface area contributed by atoms with Crippen molar-refractivity contribution in [3.63, 3.8) is 0 Å². The normalized spacial score (nSPS) is 23.5. The molecule has 4 N–H and O–H groups in total. The highest BCUT2D eigenvalue weighted by Gasteiger charge is 2.54. The first-order valence-electron chi connectivity index (χ1n) is 15.3. The Bertz CT molecular complexity index is 1760. The number of aliphatic hydroxyl groups excluding tert-OH is 1. The van der Waals surface area contributed by atoms with Crippen molar-refractivity contribution in [1.29, 1.82) is 0 Å². The summed E-state index contributed by atoms with van der Waals surface area (Å²) in [5.74, 6) is -1.39. The predicted molar refractivity (Wildman–Crippen MR) is 172 cm³/mol. The second-order valence-electron chi connectivity index (χ2n) is 12.6. The lowest BCUT2D eigenvalue weighted by Gasteiger charge is -2.33. The second-order valence-corrected chi connectivity index (χ2v) is 14.8. The Labute approximate surface area is 262 Å². The van der Waals surface area contributed by atoms with Crippen molar-refractivity contribution >= 4 is 38.6 Å². The van der Waals surface area contributed by atoms with E-state index < -0.39 is 32.7 Å². The molecular weight excluding hydrogens is 596 g/mol. The highest BCUT2D eigenvalue weighted by Crippen LogP contribution is 2.49. The first-order chi connectivity index (χ1) is 21.4. The van der Waals surface area contributed by atoms with Crippen LogP contribution in [0.5, 0.6) is 5.75 Å². The van der Waals surface area contributed by atoms with E-state index >= 15 is 0 Å². The Hall–Kier alpha value is -3.94. The van der Waals surface area contributed by atoms with Crippen LogP contribution in [0.1, 0.15) is 43.0 Å². The van der Waals surface area contributed by atoms with E-state index in [9.17, 15) is 28.2 Å². The van der Waals surface area contributed by atoms with Gasteiger partial charge in [-0.3, -0.25) is 9.59 Å². The first kappa shape index (κ1) is 31.1. The highest BCUT2D eigenvalue weighted by atomic mass is 32.2. The van der Waals surface area contributed by atoms with Crippen molar-refractivity contribution in [3.05, 3.63) is 54.9 Å². The number of likely N-dealkylation sites (N-methyl/N-ethyl adjacent to an activating group) is 1. The number of hydrogen-bond acceptors (Lipinski definition) is 9. The molecule has 0 bridgehead atoms. The maximum Gasteiger partial charge on any atom is 0.252 e. The average molecular weight is 637 g/mol. The van der Waals surface area contributed by atoms with Gasteiger partial charge in [-0.05, 0) is 75.0 Å². The van der Waals surface area contributed by atoms with Crippen LogP contribution in [0.3, 0.4) is 0 Å². The smallest absolute Gasteiger partial charge is 0.252 e. The van der Waals surface area contributed by atoms with Crippen LogP contribution >= 0.6 is 0 Å². The fraction of sp³-hybridized carbons (Fsp3) is 0.469. The molecule has 3 atom stereocenters. The Morgan fingerprint density at radius 3 is 2.60 bits per heavy atom. The van der Waals surface area contributed by atoms with Gasteiger partial charge in [0.05, 0.1) is 39.4 Å². The van der Waals surface area contributed by atoms with Crippen LogP contribution in [0.15, 0.2) is 49.3 Å². The van der Waals surface area contributed by atoms with Crippen molar-refractivity contribution in [1.82, 2.24) is 24.5 Å². The van der Waals surface area contributed by atoms with Gasteiger partial charge in [0, 0.05) is 45.0 Å². The molecule has 6 rings (SSSR count). The molecule has 0 spiro atoms. The molecule has 3 unspecified atom stereocenters. The molecule has 2 aromatic heterocycles. The summed E-state index contributed by atoms with van der Waals surface area (Å²) in [4.78, 5) is 35.4. The Balaban J connectivity index is 1.43. The lowest BCUT2D eigenvalue weighted by Crippen LogP contribution is -2.53. The number of fused-ring (bicyclic) bond motifs is 1. The number of hydrogen-bond donors (Lipinski definition) is 4. The van der Waals surface area contributed by atoms with Crippen LogP contribution in [0.25, 0.3) is 22.0 Å². The monoisotopic (exact) mass is 636 g/mol. The van der Waals surface area contributed by atoms with Crippen LogP contribution in [-0.2, 0) is 14.8 Å².